The first-order chi connectivity index (χ1) is 10.2. The normalized spacial score (nSPS) is 20.5. The van der Waals surface area contributed by atoms with Crippen molar-refractivity contribution < 1.29 is 14.3 Å². The van der Waals surface area contributed by atoms with E-state index < -0.39 is 11.6 Å². The molecule has 6 heteroatoms. The van der Waals surface area contributed by atoms with Gasteiger partial charge in [-0.2, -0.15) is 0 Å². The van der Waals surface area contributed by atoms with Crippen molar-refractivity contribution in [3.05, 3.63) is 0 Å². The molecule has 1 aliphatic heterocycles. The summed E-state index contributed by atoms with van der Waals surface area (Å²) in [7, 11) is 0. The zero-order valence-corrected chi connectivity index (χ0v) is 14.6. The Kier molecular flexibility index (Phi) is 6.66. The quantitative estimate of drug-likeness (QED) is 0.861. The average Bonchev–Trinajstić information content (AvgIpc) is 2.42. The highest BCUT2D eigenvalue weighted by Crippen LogP contribution is 2.20. The van der Waals surface area contributed by atoms with E-state index in [2.05, 4.69) is 0 Å². The first-order valence-electron chi connectivity index (χ1n) is 8.19. The minimum absolute atomic E-state index is 0.0275. The third kappa shape index (κ3) is 5.48. The van der Waals surface area contributed by atoms with Gasteiger partial charge in [-0.05, 0) is 53.9 Å². The number of hydrogen-bond acceptors (Lipinski definition) is 4. The summed E-state index contributed by atoms with van der Waals surface area (Å²) in [6.07, 6.45) is 2.64. The molecule has 0 aromatic carbocycles. The molecular weight excluding hydrogens is 282 g/mol. The number of rotatable bonds is 4. The number of carbonyl (C=O) groups is 2. The number of piperidine rings is 1. The molecule has 128 valence electrons. The zero-order valence-electron chi connectivity index (χ0n) is 14.6. The molecule has 0 unspecified atom stereocenters. The van der Waals surface area contributed by atoms with E-state index in [-0.39, 0.29) is 18.0 Å². The topological polar surface area (TPSA) is 75.9 Å². The van der Waals surface area contributed by atoms with Gasteiger partial charge in [0.2, 0.25) is 5.91 Å². The molecule has 0 saturated carbocycles. The Labute approximate surface area is 134 Å². The van der Waals surface area contributed by atoms with Gasteiger partial charge in [0.15, 0.2) is 0 Å². The van der Waals surface area contributed by atoms with Crippen LogP contribution in [0.1, 0.15) is 53.9 Å². The average molecular weight is 313 g/mol. The predicted octanol–water partition coefficient (Wildman–Crippen LogP) is 1.97. The van der Waals surface area contributed by atoms with Crippen molar-refractivity contribution in [1.29, 1.82) is 0 Å². The molecule has 0 aliphatic carbocycles. The van der Waals surface area contributed by atoms with E-state index >= 15 is 0 Å². The molecule has 0 aromatic rings. The van der Waals surface area contributed by atoms with Gasteiger partial charge in [0.05, 0.1) is 6.04 Å². The van der Waals surface area contributed by atoms with Crippen molar-refractivity contribution in [1.82, 2.24) is 9.80 Å². The van der Waals surface area contributed by atoms with Gasteiger partial charge >= 0.3 is 6.09 Å². The summed E-state index contributed by atoms with van der Waals surface area (Å²) in [5.41, 5.74) is 5.22. The summed E-state index contributed by atoms with van der Waals surface area (Å²) in [5.74, 6) is -0.0371. The van der Waals surface area contributed by atoms with E-state index in [0.29, 0.717) is 13.1 Å². The van der Waals surface area contributed by atoms with Gasteiger partial charge in [-0.1, -0.05) is 0 Å². The number of nitrogens with two attached hydrogens (primary N) is 1. The molecule has 1 aliphatic rings. The van der Waals surface area contributed by atoms with Crippen LogP contribution in [0.15, 0.2) is 0 Å². The smallest absolute Gasteiger partial charge is 0.410 e. The van der Waals surface area contributed by atoms with Gasteiger partial charge in [-0.15, -0.1) is 0 Å². The van der Waals surface area contributed by atoms with Gasteiger partial charge in [0, 0.05) is 25.7 Å². The molecule has 0 bridgehead atoms. The molecule has 0 aromatic heterocycles. The van der Waals surface area contributed by atoms with Gasteiger partial charge < -0.3 is 20.3 Å². The number of carbonyl (C=O) groups excluding carboxylic acids is 2. The van der Waals surface area contributed by atoms with Crippen molar-refractivity contribution in [2.45, 2.75) is 71.6 Å². The molecule has 0 radical (unpaired) electrons. The Morgan fingerprint density at radius 2 is 2.00 bits per heavy atom. The first kappa shape index (κ1) is 18.7. The second kappa shape index (κ2) is 7.81. The Bertz CT molecular complexity index is 391. The lowest BCUT2D eigenvalue weighted by Gasteiger charge is -2.39. The maximum absolute atomic E-state index is 12.2. The Morgan fingerprint density at radius 3 is 2.50 bits per heavy atom. The van der Waals surface area contributed by atoms with E-state index in [9.17, 15) is 9.59 Å². The number of likely N-dealkylation sites (N-methyl/N-ethyl adjacent to an activating group) is 1. The Morgan fingerprint density at radius 1 is 1.36 bits per heavy atom. The van der Waals surface area contributed by atoms with E-state index in [4.69, 9.17) is 10.5 Å². The van der Waals surface area contributed by atoms with Gasteiger partial charge in [-0.3, -0.25) is 4.79 Å². The van der Waals surface area contributed by atoms with Crippen LogP contribution in [0.3, 0.4) is 0 Å². The van der Waals surface area contributed by atoms with Crippen LogP contribution in [0.2, 0.25) is 0 Å². The third-order valence-corrected chi connectivity index (χ3v) is 3.76. The van der Waals surface area contributed by atoms with Crippen LogP contribution in [0.4, 0.5) is 4.79 Å². The van der Waals surface area contributed by atoms with Gasteiger partial charge in [0.1, 0.15) is 5.60 Å². The summed E-state index contributed by atoms with van der Waals surface area (Å²) < 4.78 is 5.43. The Balaban J connectivity index is 2.74. The fraction of sp³-hybridized carbons (Fsp3) is 0.875. The van der Waals surface area contributed by atoms with E-state index in [1.165, 1.54) is 0 Å². The summed E-state index contributed by atoms with van der Waals surface area (Å²) in [5, 5.41) is 0. The van der Waals surface area contributed by atoms with E-state index in [0.717, 1.165) is 25.8 Å². The molecule has 2 N–H and O–H groups in total. The van der Waals surface area contributed by atoms with E-state index in [1.54, 1.807) is 11.8 Å². The third-order valence-electron chi connectivity index (χ3n) is 3.76. The molecule has 6 nitrogen and oxygen atoms in total. The van der Waals surface area contributed by atoms with Crippen LogP contribution in [0.25, 0.3) is 0 Å². The monoisotopic (exact) mass is 313 g/mol. The van der Waals surface area contributed by atoms with Crippen LogP contribution >= 0.6 is 0 Å². The minimum atomic E-state index is -0.516. The van der Waals surface area contributed by atoms with Gasteiger partial charge in [-0.25, -0.2) is 4.79 Å². The fourth-order valence-corrected chi connectivity index (χ4v) is 2.66. The second-order valence-corrected chi connectivity index (χ2v) is 6.99. The number of ether oxygens (including phenoxy) is 1. The molecule has 1 heterocycles. The lowest BCUT2D eigenvalue weighted by atomic mass is 10.0. The number of likely N-dealkylation sites (tertiary alicyclic amines) is 1. The first-order valence-corrected chi connectivity index (χ1v) is 8.19. The largest absolute Gasteiger partial charge is 0.444 e. The molecule has 22 heavy (non-hydrogen) atoms. The number of nitrogens with zero attached hydrogens (tertiary/aromatic N) is 2. The molecule has 1 saturated heterocycles. The molecule has 2 amide bonds. The second-order valence-electron chi connectivity index (χ2n) is 6.99. The van der Waals surface area contributed by atoms with Crippen LogP contribution in [-0.2, 0) is 9.53 Å². The van der Waals surface area contributed by atoms with Crippen molar-refractivity contribution >= 4 is 12.0 Å². The van der Waals surface area contributed by atoms with Crippen LogP contribution in [0.5, 0.6) is 0 Å². The van der Waals surface area contributed by atoms with Crippen molar-refractivity contribution in [3.63, 3.8) is 0 Å². The molecule has 1 fully saturated rings. The molecule has 1 rings (SSSR count). The lowest BCUT2D eigenvalue weighted by Crippen LogP contribution is -2.54. The van der Waals surface area contributed by atoms with Crippen LogP contribution in [-0.4, -0.2) is 59.1 Å². The summed E-state index contributed by atoms with van der Waals surface area (Å²) >= 11 is 0. The molecule has 2 atom stereocenters. The van der Waals surface area contributed by atoms with Crippen molar-refractivity contribution in [2.24, 2.45) is 5.73 Å². The lowest BCUT2D eigenvalue weighted by molar-refractivity contribution is -0.136. The van der Waals surface area contributed by atoms with Crippen LogP contribution in [0, 0.1) is 0 Å². The van der Waals surface area contributed by atoms with Crippen molar-refractivity contribution in [3.8, 4) is 0 Å². The standard InChI is InChI=1S/C16H31N3O3/c1-6-18(15(21)22-16(3,4)5)11-13-9-7-8-10-19(13)14(20)12(2)17/h12-13H,6-11,17H2,1-5H3/t12-,13-/m0/s1. The van der Waals surface area contributed by atoms with Crippen LogP contribution < -0.4 is 5.73 Å². The highest BCUT2D eigenvalue weighted by Gasteiger charge is 2.31. The van der Waals surface area contributed by atoms with E-state index in [1.807, 2.05) is 32.6 Å². The maximum Gasteiger partial charge on any atom is 0.410 e. The number of hydrogen-bond donors (Lipinski definition) is 1. The minimum Gasteiger partial charge on any atom is -0.444 e. The van der Waals surface area contributed by atoms with Crippen molar-refractivity contribution in [2.75, 3.05) is 19.6 Å². The SMILES string of the molecule is CCN(C[C@@H]1CCCCN1C(=O)[C@H](C)N)C(=O)OC(C)(C)C. The summed E-state index contributed by atoms with van der Waals surface area (Å²) in [6.45, 7) is 11.0. The zero-order chi connectivity index (χ0) is 16.9. The Hall–Kier alpha value is -1.30. The summed E-state index contributed by atoms with van der Waals surface area (Å²) in [6, 6.07) is -0.475. The molecule has 0 spiro atoms. The molecular formula is C16H31N3O3. The highest BCUT2D eigenvalue weighted by atomic mass is 16.6. The maximum atomic E-state index is 12.2. The number of amides is 2. The fourth-order valence-electron chi connectivity index (χ4n) is 2.66. The predicted molar refractivity (Wildman–Crippen MR) is 86.5 cm³/mol. The van der Waals surface area contributed by atoms with Gasteiger partial charge in [0.25, 0.3) is 0 Å². The summed E-state index contributed by atoms with van der Waals surface area (Å²) in [4.78, 5) is 28.0. The highest BCUT2D eigenvalue weighted by molar-refractivity contribution is 5.81.